The molecule has 1 unspecified atom stereocenters. The average molecular weight is 1050 g/mol. The van der Waals surface area contributed by atoms with Gasteiger partial charge in [0.25, 0.3) is 0 Å². The molecule has 1 atom stereocenters. The molecule has 0 fully saturated rings. The zero-order chi connectivity index (χ0) is 55.0. The van der Waals surface area contributed by atoms with E-state index < -0.39 is 6.10 Å². The smallest absolute Gasteiger partial charge is 0.306 e. The second kappa shape index (κ2) is 62.6. The minimum absolute atomic E-state index is 0.107. The first-order chi connectivity index (χ1) is 37.5. The van der Waals surface area contributed by atoms with Crippen LogP contribution in [-0.2, 0) is 28.6 Å². The van der Waals surface area contributed by atoms with Gasteiger partial charge < -0.3 is 14.2 Å². The normalized spacial score (nSPS) is 13.2. The van der Waals surface area contributed by atoms with Gasteiger partial charge in [-0.05, 0) is 141 Å². The van der Waals surface area contributed by atoms with E-state index in [2.05, 4.69) is 179 Å². The van der Waals surface area contributed by atoms with Gasteiger partial charge in [-0.15, -0.1) is 0 Å². The monoisotopic (exact) mass is 1050 g/mol. The Morgan fingerprint density at radius 2 is 0.513 bits per heavy atom. The van der Waals surface area contributed by atoms with Crippen molar-refractivity contribution in [2.24, 2.45) is 0 Å². The first-order valence-electron chi connectivity index (χ1n) is 30.5. The quantitative estimate of drug-likeness (QED) is 0.0261. The van der Waals surface area contributed by atoms with E-state index >= 15 is 0 Å². The van der Waals surface area contributed by atoms with Crippen LogP contribution in [0.4, 0.5) is 0 Å². The Morgan fingerprint density at radius 3 is 0.803 bits per heavy atom. The molecule has 0 saturated carbocycles. The lowest BCUT2D eigenvalue weighted by atomic mass is 10.1. The van der Waals surface area contributed by atoms with Crippen LogP contribution in [0.1, 0.15) is 245 Å². The van der Waals surface area contributed by atoms with Crippen LogP contribution in [-0.4, -0.2) is 37.2 Å². The van der Waals surface area contributed by atoms with Gasteiger partial charge in [-0.3, -0.25) is 14.4 Å². The van der Waals surface area contributed by atoms with E-state index in [0.717, 1.165) is 186 Å². The van der Waals surface area contributed by atoms with E-state index in [1.165, 1.54) is 19.3 Å². The third-order valence-corrected chi connectivity index (χ3v) is 12.2. The fourth-order valence-corrected chi connectivity index (χ4v) is 7.72. The molecule has 0 aliphatic rings. The lowest BCUT2D eigenvalue weighted by Crippen LogP contribution is -2.30. The van der Waals surface area contributed by atoms with Crippen LogP contribution < -0.4 is 0 Å². The molecular formula is C70H110O6. The largest absolute Gasteiger partial charge is 0.462 e. The van der Waals surface area contributed by atoms with Crippen LogP contribution >= 0.6 is 0 Å². The summed E-state index contributed by atoms with van der Waals surface area (Å²) in [5.74, 6) is -0.969. The molecule has 0 heterocycles. The number of carbonyl (C=O) groups is 3. The lowest BCUT2D eigenvalue weighted by Gasteiger charge is -2.18. The van der Waals surface area contributed by atoms with E-state index in [-0.39, 0.29) is 31.1 Å². The van der Waals surface area contributed by atoms with Gasteiger partial charge in [0, 0.05) is 19.3 Å². The van der Waals surface area contributed by atoms with Crippen LogP contribution in [0.25, 0.3) is 0 Å². The summed E-state index contributed by atoms with van der Waals surface area (Å²) in [5, 5.41) is 0. The SMILES string of the molecule is CC/C=C\C/C=C\C/C=C\C/C=C\C/C=C\C/C=C\C/C=C\C/C=C\CCCCCCC(=O)OCC(COC(=O)CCCCCCC/C=C\C/C=C\CCCC)OC(=O)CCCCCCC/C=C\C/C=C\C/C=C\CC. The van der Waals surface area contributed by atoms with Crippen LogP contribution in [0.15, 0.2) is 158 Å². The van der Waals surface area contributed by atoms with Crippen molar-refractivity contribution in [2.45, 2.75) is 252 Å². The van der Waals surface area contributed by atoms with Crippen molar-refractivity contribution in [1.29, 1.82) is 0 Å². The number of hydrogen-bond acceptors (Lipinski definition) is 6. The molecule has 0 spiro atoms. The van der Waals surface area contributed by atoms with Crippen LogP contribution in [0, 0.1) is 0 Å². The molecule has 426 valence electrons. The summed E-state index contributed by atoms with van der Waals surface area (Å²) in [5.41, 5.74) is 0. The lowest BCUT2D eigenvalue weighted by molar-refractivity contribution is -0.167. The molecule has 0 bridgehead atoms. The van der Waals surface area contributed by atoms with Crippen molar-refractivity contribution < 1.29 is 28.6 Å². The van der Waals surface area contributed by atoms with Crippen LogP contribution in [0.5, 0.6) is 0 Å². The van der Waals surface area contributed by atoms with Crippen molar-refractivity contribution in [1.82, 2.24) is 0 Å². The van der Waals surface area contributed by atoms with Crippen LogP contribution in [0.3, 0.4) is 0 Å². The fourth-order valence-electron chi connectivity index (χ4n) is 7.72. The van der Waals surface area contributed by atoms with Gasteiger partial charge in [-0.1, -0.05) is 243 Å². The van der Waals surface area contributed by atoms with Crippen molar-refractivity contribution >= 4 is 17.9 Å². The van der Waals surface area contributed by atoms with Gasteiger partial charge in [0.2, 0.25) is 0 Å². The Kier molecular flexibility index (Phi) is 58.5. The standard InChI is InChI=1S/C70H110O6/c1-4-7-10-13-16-19-22-25-28-29-30-31-32-33-34-35-36-37-38-39-40-41-43-45-48-51-54-57-60-63-69(72)75-66-67(65-74-68(71)62-59-56-53-50-47-44-27-24-21-18-15-12-9-6-3)76-70(73)64-61-58-55-52-49-46-42-26-23-20-17-14-11-8-5-2/h7-8,10-11,15-20,24-28,30-31,33-34,36-37,39-40,42-43,45,67H,4-6,9,12-14,21-23,29,32,35,38,41,44,46-66H2,1-3H3/b10-7-,11-8-,18-15-,19-16-,20-17-,27-24-,28-25-,31-30-,34-33-,37-36-,40-39-,42-26-,45-43-. The summed E-state index contributed by atoms with van der Waals surface area (Å²) in [4.78, 5) is 38.2. The molecule has 6 heteroatoms. The molecule has 76 heavy (non-hydrogen) atoms. The minimum Gasteiger partial charge on any atom is -0.462 e. The number of unbranched alkanes of at least 4 members (excludes halogenated alkanes) is 16. The van der Waals surface area contributed by atoms with E-state index in [0.29, 0.717) is 19.3 Å². The third-order valence-electron chi connectivity index (χ3n) is 12.2. The molecule has 0 radical (unpaired) electrons. The fraction of sp³-hybridized carbons (Fsp3) is 0.586. The molecule has 0 saturated heterocycles. The molecule has 0 aromatic carbocycles. The number of allylic oxidation sites excluding steroid dienone is 26. The summed E-state index contributed by atoms with van der Waals surface area (Å²) >= 11 is 0. The highest BCUT2D eigenvalue weighted by Crippen LogP contribution is 2.13. The molecule has 0 amide bonds. The van der Waals surface area contributed by atoms with Gasteiger partial charge >= 0.3 is 17.9 Å². The average Bonchev–Trinajstić information content (AvgIpc) is 3.42. The number of ether oxygens (including phenoxy) is 3. The van der Waals surface area contributed by atoms with Crippen molar-refractivity contribution in [3.63, 3.8) is 0 Å². The molecule has 0 aromatic rings. The number of carbonyl (C=O) groups excluding carboxylic acids is 3. The topological polar surface area (TPSA) is 78.9 Å². The summed E-state index contributed by atoms with van der Waals surface area (Å²) in [6.07, 6.45) is 90.9. The number of rotatable bonds is 53. The predicted octanol–water partition coefficient (Wildman–Crippen LogP) is 20.9. The first kappa shape index (κ1) is 71.0. The summed E-state index contributed by atoms with van der Waals surface area (Å²) in [7, 11) is 0. The van der Waals surface area contributed by atoms with Gasteiger partial charge in [-0.25, -0.2) is 0 Å². The Labute approximate surface area is 467 Å². The molecule has 0 aliphatic heterocycles. The zero-order valence-electron chi connectivity index (χ0n) is 48.7. The van der Waals surface area contributed by atoms with Gasteiger partial charge in [0.1, 0.15) is 13.2 Å². The summed E-state index contributed by atoms with van der Waals surface area (Å²) < 4.78 is 16.8. The van der Waals surface area contributed by atoms with E-state index in [1.54, 1.807) is 0 Å². The second-order valence-electron chi connectivity index (χ2n) is 19.5. The molecule has 0 rings (SSSR count). The minimum atomic E-state index is -0.812. The van der Waals surface area contributed by atoms with Gasteiger partial charge in [-0.2, -0.15) is 0 Å². The highest BCUT2D eigenvalue weighted by Gasteiger charge is 2.19. The second-order valence-corrected chi connectivity index (χ2v) is 19.5. The number of esters is 3. The Morgan fingerprint density at radius 1 is 0.276 bits per heavy atom. The van der Waals surface area contributed by atoms with Crippen molar-refractivity contribution in [2.75, 3.05) is 13.2 Å². The Hall–Kier alpha value is -4.97. The highest BCUT2D eigenvalue weighted by atomic mass is 16.6. The Balaban J connectivity index is 4.43. The van der Waals surface area contributed by atoms with E-state index in [1.807, 2.05) is 0 Å². The van der Waals surface area contributed by atoms with Gasteiger partial charge in [0.15, 0.2) is 6.10 Å². The predicted molar refractivity (Wildman–Crippen MR) is 329 cm³/mol. The molecule has 0 aliphatic carbocycles. The van der Waals surface area contributed by atoms with Crippen LogP contribution in [0.2, 0.25) is 0 Å². The first-order valence-corrected chi connectivity index (χ1v) is 30.5. The summed E-state index contributed by atoms with van der Waals surface area (Å²) in [6, 6.07) is 0. The maximum Gasteiger partial charge on any atom is 0.306 e. The maximum absolute atomic E-state index is 12.9. The number of hydrogen-bond donors (Lipinski definition) is 0. The summed E-state index contributed by atoms with van der Waals surface area (Å²) in [6.45, 7) is 6.31. The third kappa shape index (κ3) is 59.9. The molecule has 0 N–H and O–H groups in total. The Bertz CT molecular complexity index is 1720. The van der Waals surface area contributed by atoms with Crippen molar-refractivity contribution in [3.8, 4) is 0 Å². The zero-order valence-corrected chi connectivity index (χ0v) is 48.7. The van der Waals surface area contributed by atoms with E-state index in [9.17, 15) is 14.4 Å². The molecular weight excluding hydrogens is 937 g/mol. The van der Waals surface area contributed by atoms with Gasteiger partial charge in [0.05, 0.1) is 0 Å². The maximum atomic E-state index is 12.9. The van der Waals surface area contributed by atoms with E-state index in [4.69, 9.17) is 14.2 Å². The molecule has 6 nitrogen and oxygen atoms in total. The molecule has 0 aromatic heterocycles. The van der Waals surface area contributed by atoms with Crippen molar-refractivity contribution in [3.05, 3.63) is 158 Å². The highest BCUT2D eigenvalue weighted by molar-refractivity contribution is 5.71.